The third kappa shape index (κ3) is 4.06. The highest BCUT2D eigenvalue weighted by molar-refractivity contribution is 7.99. The van der Waals surface area contributed by atoms with Crippen molar-refractivity contribution in [3.8, 4) is 0 Å². The number of hydrogen-bond acceptors (Lipinski definition) is 3. The molecule has 0 bridgehead atoms. The van der Waals surface area contributed by atoms with Crippen LogP contribution in [0.3, 0.4) is 0 Å². The van der Waals surface area contributed by atoms with E-state index >= 15 is 0 Å². The fourth-order valence-electron chi connectivity index (χ4n) is 1.75. The van der Waals surface area contributed by atoms with Gasteiger partial charge in [0.25, 0.3) is 5.91 Å². The molecule has 0 aliphatic carbocycles. The van der Waals surface area contributed by atoms with Gasteiger partial charge >= 0.3 is 0 Å². The summed E-state index contributed by atoms with van der Waals surface area (Å²) >= 11 is 13.6. The van der Waals surface area contributed by atoms with E-state index in [-0.39, 0.29) is 5.91 Å². The van der Waals surface area contributed by atoms with Crippen LogP contribution in [0.5, 0.6) is 0 Å². The third-order valence-electron chi connectivity index (χ3n) is 2.91. The van der Waals surface area contributed by atoms with Crippen molar-refractivity contribution < 1.29 is 4.79 Å². The lowest BCUT2D eigenvalue weighted by Gasteiger charge is -2.16. The van der Waals surface area contributed by atoms with Crippen LogP contribution in [-0.4, -0.2) is 19.2 Å². The maximum Gasteiger partial charge on any atom is 0.257 e. The fraction of sp³-hybridized carbons (Fsp3) is 0.133. The zero-order valence-corrected chi connectivity index (χ0v) is 13.9. The summed E-state index contributed by atoms with van der Waals surface area (Å²) in [7, 11) is 1.92. The molecule has 0 radical (unpaired) electrons. The van der Waals surface area contributed by atoms with E-state index in [1.54, 1.807) is 48.3 Å². The minimum absolute atomic E-state index is 0.265. The Morgan fingerprint density at radius 2 is 1.95 bits per heavy atom. The maximum absolute atomic E-state index is 12.3. The molecule has 21 heavy (non-hydrogen) atoms. The van der Waals surface area contributed by atoms with E-state index in [9.17, 15) is 4.79 Å². The van der Waals surface area contributed by atoms with Crippen molar-refractivity contribution >= 4 is 52.4 Å². The minimum Gasteiger partial charge on any atom is -0.322 e. The smallest absolute Gasteiger partial charge is 0.257 e. The summed E-state index contributed by atoms with van der Waals surface area (Å²) < 4.78 is 1.95. The Kier molecular flexibility index (Phi) is 5.39. The summed E-state index contributed by atoms with van der Waals surface area (Å²) in [6, 6.07) is 12.3. The number of nitrogens with one attached hydrogen (secondary N) is 1. The molecular formula is C15H14Cl2N2OS. The van der Waals surface area contributed by atoms with Gasteiger partial charge in [-0.25, -0.2) is 0 Å². The first kappa shape index (κ1) is 16.0. The molecule has 1 amide bonds. The Bertz CT molecular complexity index is 664. The quantitative estimate of drug-likeness (QED) is 0.798. The fourth-order valence-corrected chi connectivity index (χ4v) is 2.47. The van der Waals surface area contributed by atoms with Gasteiger partial charge in [0.15, 0.2) is 0 Å². The molecule has 0 fully saturated rings. The number of halogens is 2. The van der Waals surface area contributed by atoms with E-state index < -0.39 is 0 Å². The molecule has 0 unspecified atom stereocenters. The second-order valence-corrected chi connectivity index (χ2v) is 6.07. The molecule has 0 aromatic heterocycles. The molecule has 0 aliphatic rings. The SMILES string of the molecule is CSN(C)c1ccc(Cl)c(C(=O)Nc2cccc(Cl)c2)c1. The summed E-state index contributed by atoms with van der Waals surface area (Å²) in [5.74, 6) is -0.265. The zero-order valence-electron chi connectivity index (χ0n) is 11.6. The van der Waals surface area contributed by atoms with Crippen LogP contribution in [0.15, 0.2) is 42.5 Å². The number of carbonyl (C=O) groups excluding carboxylic acids is 1. The number of anilines is 2. The molecule has 0 heterocycles. The predicted molar refractivity (Wildman–Crippen MR) is 92.8 cm³/mol. The van der Waals surface area contributed by atoms with Gasteiger partial charge in [-0.05, 0) is 36.4 Å². The molecule has 2 rings (SSSR count). The van der Waals surface area contributed by atoms with Gasteiger partial charge in [-0.3, -0.25) is 4.79 Å². The first-order valence-corrected chi connectivity index (χ1v) is 8.09. The van der Waals surface area contributed by atoms with Crippen LogP contribution in [0.1, 0.15) is 10.4 Å². The van der Waals surface area contributed by atoms with E-state index in [1.165, 1.54) is 0 Å². The molecular weight excluding hydrogens is 327 g/mol. The lowest BCUT2D eigenvalue weighted by molar-refractivity contribution is 0.102. The summed E-state index contributed by atoms with van der Waals surface area (Å²) in [4.78, 5) is 12.3. The second kappa shape index (κ2) is 7.07. The number of carbonyl (C=O) groups is 1. The van der Waals surface area contributed by atoms with E-state index in [0.29, 0.717) is 21.3 Å². The monoisotopic (exact) mass is 340 g/mol. The van der Waals surface area contributed by atoms with Crippen LogP contribution < -0.4 is 9.62 Å². The van der Waals surface area contributed by atoms with Gasteiger partial charge in [0.05, 0.1) is 10.6 Å². The Balaban J connectivity index is 2.26. The van der Waals surface area contributed by atoms with E-state index in [2.05, 4.69) is 5.32 Å². The van der Waals surface area contributed by atoms with E-state index in [4.69, 9.17) is 23.2 Å². The Morgan fingerprint density at radius 3 is 2.62 bits per heavy atom. The lowest BCUT2D eigenvalue weighted by atomic mass is 10.1. The summed E-state index contributed by atoms with van der Waals surface area (Å²) in [5, 5.41) is 3.77. The molecule has 0 atom stereocenters. The maximum atomic E-state index is 12.3. The topological polar surface area (TPSA) is 32.3 Å². The van der Waals surface area contributed by atoms with Crippen molar-refractivity contribution in [1.82, 2.24) is 0 Å². The normalized spacial score (nSPS) is 10.3. The Morgan fingerprint density at radius 1 is 1.19 bits per heavy atom. The van der Waals surface area contributed by atoms with Crippen molar-refractivity contribution in [1.29, 1.82) is 0 Å². The zero-order chi connectivity index (χ0) is 15.4. The standard InChI is InChI=1S/C15H14Cl2N2OS/c1-19(21-2)12-6-7-14(17)13(9-12)15(20)18-11-5-3-4-10(16)8-11/h3-9H,1-2H3,(H,18,20). The van der Waals surface area contributed by atoms with Crippen LogP contribution >= 0.6 is 35.1 Å². The van der Waals surface area contributed by atoms with Crippen molar-refractivity contribution in [2.45, 2.75) is 0 Å². The van der Waals surface area contributed by atoms with E-state index in [1.807, 2.05) is 23.7 Å². The average molecular weight is 341 g/mol. The van der Waals surface area contributed by atoms with E-state index in [0.717, 1.165) is 5.69 Å². The summed E-state index contributed by atoms with van der Waals surface area (Å²) in [6.07, 6.45) is 1.96. The molecule has 0 saturated heterocycles. The molecule has 110 valence electrons. The van der Waals surface area contributed by atoms with Gasteiger partial charge in [0.2, 0.25) is 0 Å². The van der Waals surface area contributed by atoms with Crippen molar-refractivity contribution in [3.63, 3.8) is 0 Å². The minimum atomic E-state index is -0.265. The van der Waals surface area contributed by atoms with Crippen LogP contribution in [0.25, 0.3) is 0 Å². The molecule has 0 saturated carbocycles. The van der Waals surface area contributed by atoms with Crippen LogP contribution in [0.4, 0.5) is 11.4 Å². The first-order valence-electron chi connectivity index (χ1n) is 6.15. The number of benzene rings is 2. The molecule has 0 aliphatic heterocycles. The highest BCUT2D eigenvalue weighted by Crippen LogP contribution is 2.26. The van der Waals surface area contributed by atoms with Crippen molar-refractivity contribution in [3.05, 3.63) is 58.1 Å². The number of nitrogens with zero attached hydrogens (tertiary/aromatic N) is 1. The second-order valence-electron chi connectivity index (χ2n) is 4.31. The van der Waals surface area contributed by atoms with Crippen LogP contribution in [0.2, 0.25) is 10.0 Å². The predicted octanol–water partition coefficient (Wildman–Crippen LogP) is 4.96. The van der Waals surface area contributed by atoms with Gasteiger partial charge in [-0.2, -0.15) is 0 Å². The highest BCUT2D eigenvalue weighted by Gasteiger charge is 2.13. The number of amides is 1. The van der Waals surface area contributed by atoms with Gasteiger partial charge in [-0.15, -0.1) is 0 Å². The first-order chi connectivity index (χ1) is 10.0. The lowest BCUT2D eigenvalue weighted by Crippen LogP contribution is -2.14. The summed E-state index contributed by atoms with van der Waals surface area (Å²) in [5.41, 5.74) is 1.96. The van der Waals surface area contributed by atoms with Crippen LogP contribution in [0, 0.1) is 0 Å². The number of hydrogen-bond donors (Lipinski definition) is 1. The van der Waals surface area contributed by atoms with Gasteiger partial charge in [-0.1, -0.05) is 41.2 Å². The largest absolute Gasteiger partial charge is 0.322 e. The van der Waals surface area contributed by atoms with Gasteiger partial charge in [0.1, 0.15) is 0 Å². The molecule has 2 aromatic rings. The molecule has 0 spiro atoms. The molecule has 6 heteroatoms. The number of rotatable bonds is 4. The molecule has 2 aromatic carbocycles. The van der Waals surface area contributed by atoms with Gasteiger partial charge < -0.3 is 9.62 Å². The Hall–Kier alpha value is -1.36. The third-order valence-corrected chi connectivity index (χ3v) is 4.24. The van der Waals surface area contributed by atoms with Gasteiger partial charge in [0, 0.05) is 29.7 Å². The van der Waals surface area contributed by atoms with Crippen molar-refractivity contribution in [2.75, 3.05) is 22.9 Å². The molecule has 1 N–H and O–H groups in total. The average Bonchev–Trinajstić information content (AvgIpc) is 2.46. The molecule has 3 nitrogen and oxygen atoms in total. The Labute approximate surface area is 138 Å². The highest BCUT2D eigenvalue weighted by atomic mass is 35.5. The van der Waals surface area contributed by atoms with Crippen LogP contribution in [-0.2, 0) is 0 Å². The summed E-state index contributed by atoms with van der Waals surface area (Å²) in [6.45, 7) is 0. The van der Waals surface area contributed by atoms with Crippen molar-refractivity contribution in [2.24, 2.45) is 0 Å².